The Labute approximate surface area is 140 Å². The van der Waals surface area contributed by atoms with Crippen LogP contribution in [0, 0.1) is 34.5 Å². The molecule has 0 heterocycles. The minimum Gasteiger partial charge on any atom is -0.392 e. The predicted molar refractivity (Wildman–Crippen MR) is 89.7 cm³/mol. The standard InChI is InChI=1S/C20H34O3/c1-18(23)8-9-19(2)12(11-18)4-5-13-14-6-7-16(21)20(14,3)17(22)10-15(13)19/h12-17,21-23H,4-11H2,1-3H3/t12-,13-,14-,15-,16-,17+,18+,19-,20-/m0/s1. The summed E-state index contributed by atoms with van der Waals surface area (Å²) in [7, 11) is 0. The Morgan fingerprint density at radius 1 is 0.826 bits per heavy atom. The molecule has 4 aliphatic carbocycles. The van der Waals surface area contributed by atoms with Gasteiger partial charge in [0.15, 0.2) is 0 Å². The van der Waals surface area contributed by atoms with E-state index in [4.69, 9.17) is 0 Å². The molecule has 0 aromatic carbocycles. The van der Waals surface area contributed by atoms with E-state index in [1.54, 1.807) is 0 Å². The molecule has 0 spiro atoms. The number of aliphatic hydroxyl groups is 3. The summed E-state index contributed by atoms with van der Waals surface area (Å²) in [5.74, 6) is 2.29. The smallest absolute Gasteiger partial charge is 0.0624 e. The summed E-state index contributed by atoms with van der Waals surface area (Å²) in [5, 5.41) is 32.0. The van der Waals surface area contributed by atoms with Crippen LogP contribution in [0.3, 0.4) is 0 Å². The first kappa shape index (κ1) is 16.4. The van der Waals surface area contributed by atoms with Crippen molar-refractivity contribution in [1.82, 2.24) is 0 Å². The second kappa shape index (κ2) is 4.95. The highest BCUT2D eigenvalue weighted by Gasteiger charge is 2.63. The van der Waals surface area contributed by atoms with Crippen LogP contribution >= 0.6 is 0 Å². The maximum Gasteiger partial charge on any atom is 0.0624 e. The molecule has 23 heavy (non-hydrogen) atoms. The summed E-state index contributed by atoms with van der Waals surface area (Å²) in [6.07, 6.45) is 7.43. The maximum atomic E-state index is 10.9. The molecule has 0 aromatic heterocycles. The Morgan fingerprint density at radius 2 is 1.57 bits per heavy atom. The Hall–Kier alpha value is -0.120. The third kappa shape index (κ3) is 2.12. The summed E-state index contributed by atoms with van der Waals surface area (Å²) < 4.78 is 0. The van der Waals surface area contributed by atoms with Crippen molar-refractivity contribution >= 4 is 0 Å². The lowest BCUT2D eigenvalue weighted by Gasteiger charge is -2.62. The summed E-state index contributed by atoms with van der Waals surface area (Å²) >= 11 is 0. The van der Waals surface area contributed by atoms with Gasteiger partial charge in [0, 0.05) is 5.41 Å². The normalized spacial score (nSPS) is 62.3. The van der Waals surface area contributed by atoms with Crippen molar-refractivity contribution in [3.8, 4) is 0 Å². The van der Waals surface area contributed by atoms with Crippen molar-refractivity contribution < 1.29 is 15.3 Å². The van der Waals surface area contributed by atoms with Gasteiger partial charge in [-0.25, -0.2) is 0 Å². The molecule has 0 aliphatic heterocycles. The van der Waals surface area contributed by atoms with E-state index >= 15 is 0 Å². The van der Waals surface area contributed by atoms with Crippen LogP contribution in [0.2, 0.25) is 0 Å². The van der Waals surface area contributed by atoms with Crippen LogP contribution in [-0.2, 0) is 0 Å². The Balaban J connectivity index is 1.66. The first-order chi connectivity index (χ1) is 10.7. The third-order valence-corrected chi connectivity index (χ3v) is 9.01. The summed E-state index contributed by atoms with van der Waals surface area (Å²) in [6, 6.07) is 0. The molecule has 4 aliphatic rings. The van der Waals surface area contributed by atoms with E-state index < -0.39 is 5.60 Å². The molecule has 132 valence electrons. The summed E-state index contributed by atoms with van der Waals surface area (Å²) in [5.41, 5.74) is -0.520. The number of aliphatic hydroxyl groups excluding tert-OH is 2. The molecule has 4 saturated carbocycles. The molecular formula is C20H34O3. The average Bonchev–Trinajstić information content (AvgIpc) is 2.79. The Kier molecular flexibility index (Phi) is 3.52. The highest BCUT2D eigenvalue weighted by Crippen LogP contribution is 2.66. The van der Waals surface area contributed by atoms with Gasteiger partial charge in [-0.1, -0.05) is 13.8 Å². The van der Waals surface area contributed by atoms with Gasteiger partial charge in [0.05, 0.1) is 17.8 Å². The van der Waals surface area contributed by atoms with Gasteiger partial charge in [-0.2, -0.15) is 0 Å². The van der Waals surface area contributed by atoms with Crippen LogP contribution in [0.15, 0.2) is 0 Å². The molecule has 0 aromatic rings. The van der Waals surface area contributed by atoms with Gasteiger partial charge in [0.25, 0.3) is 0 Å². The van der Waals surface area contributed by atoms with Gasteiger partial charge in [0.1, 0.15) is 0 Å². The quantitative estimate of drug-likeness (QED) is 0.642. The predicted octanol–water partition coefficient (Wildman–Crippen LogP) is 3.11. The van der Waals surface area contributed by atoms with E-state index in [1.807, 2.05) is 6.92 Å². The topological polar surface area (TPSA) is 60.7 Å². The van der Waals surface area contributed by atoms with E-state index in [2.05, 4.69) is 13.8 Å². The fourth-order valence-corrected chi connectivity index (χ4v) is 7.38. The van der Waals surface area contributed by atoms with Crippen LogP contribution < -0.4 is 0 Å². The highest BCUT2D eigenvalue weighted by atomic mass is 16.3. The van der Waals surface area contributed by atoms with E-state index in [-0.39, 0.29) is 23.0 Å². The van der Waals surface area contributed by atoms with Gasteiger partial charge in [0.2, 0.25) is 0 Å². The minimum atomic E-state index is -0.498. The molecule has 0 unspecified atom stereocenters. The molecule has 4 fully saturated rings. The molecule has 4 rings (SSSR count). The molecule has 3 N–H and O–H groups in total. The molecule has 9 atom stereocenters. The van der Waals surface area contributed by atoms with Crippen LogP contribution in [0.1, 0.15) is 72.1 Å². The third-order valence-electron chi connectivity index (χ3n) is 9.01. The van der Waals surface area contributed by atoms with Crippen LogP contribution in [0.5, 0.6) is 0 Å². The molecular weight excluding hydrogens is 288 g/mol. The molecule has 3 heteroatoms. The van der Waals surface area contributed by atoms with E-state index in [1.165, 1.54) is 12.8 Å². The second-order valence-electron chi connectivity index (χ2n) is 10.1. The van der Waals surface area contributed by atoms with Gasteiger partial charge < -0.3 is 15.3 Å². The number of hydrogen-bond donors (Lipinski definition) is 3. The van der Waals surface area contributed by atoms with E-state index in [9.17, 15) is 15.3 Å². The van der Waals surface area contributed by atoms with Crippen molar-refractivity contribution in [3.05, 3.63) is 0 Å². The minimum absolute atomic E-state index is 0.265. The first-order valence-electron chi connectivity index (χ1n) is 9.77. The number of fused-ring (bicyclic) bond motifs is 5. The van der Waals surface area contributed by atoms with Gasteiger partial charge in [-0.15, -0.1) is 0 Å². The number of rotatable bonds is 0. The van der Waals surface area contributed by atoms with Crippen molar-refractivity contribution in [1.29, 1.82) is 0 Å². The fraction of sp³-hybridized carbons (Fsp3) is 1.00. The van der Waals surface area contributed by atoms with Crippen molar-refractivity contribution in [3.63, 3.8) is 0 Å². The van der Waals surface area contributed by atoms with Crippen LogP contribution in [-0.4, -0.2) is 33.1 Å². The monoisotopic (exact) mass is 322 g/mol. The van der Waals surface area contributed by atoms with E-state index in [0.717, 1.165) is 38.5 Å². The largest absolute Gasteiger partial charge is 0.392 e. The maximum absolute atomic E-state index is 10.9. The molecule has 0 saturated heterocycles. The molecule has 0 radical (unpaired) electrons. The van der Waals surface area contributed by atoms with Crippen molar-refractivity contribution in [2.75, 3.05) is 0 Å². The lowest BCUT2D eigenvalue weighted by molar-refractivity contribution is -0.188. The highest BCUT2D eigenvalue weighted by molar-refractivity contribution is 5.12. The van der Waals surface area contributed by atoms with Gasteiger partial charge in [-0.3, -0.25) is 0 Å². The van der Waals surface area contributed by atoms with Gasteiger partial charge in [-0.05, 0) is 87.4 Å². The lowest BCUT2D eigenvalue weighted by Crippen LogP contribution is -2.59. The Bertz CT molecular complexity index is 489. The first-order valence-corrected chi connectivity index (χ1v) is 9.77. The average molecular weight is 322 g/mol. The summed E-state index contributed by atoms with van der Waals surface area (Å²) in [6.45, 7) is 6.57. The lowest BCUT2D eigenvalue weighted by atomic mass is 9.44. The van der Waals surface area contributed by atoms with Crippen LogP contribution in [0.4, 0.5) is 0 Å². The van der Waals surface area contributed by atoms with Crippen molar-refractivity contribution in [2.24, 2.45) is 34.5 Å². The zero-order chi connectivity index (χ0) is 16.6. The molecule has 0 amide bonds. The van der Waals surface area contributed by atoms with E-state index in [0.29, 0.717) is 23.7 Å². The Morgan fingerprint density at radius 3 is 2.30 bits per heavy atom. The van der Waals surface area contributed by atoms with Gasteiger partial charge >= 0.3 is 0 Å². The second-order valence-corrected chi connectivity index (χ2v) is 10.1. The fourth-order valence-electron chi connectivity index (χ4n) is 7.38. The SMILES string of the molecule is C[C@@]1(O)CC[C@@]2(C)[C@@H](CC[C@@H]3[C@@H]2C[C@@H](O)[C@]2(C)[C@@H](O)CC[C@@H]32)C1. The zero-order valence-corrected chi connectivity index (χ0v) is 15.0. The van der Waals surface area contributed by atoms with Crippen molar-refractivity contribution in [2.45, 2.75) is 89.9 Å². The summed E-state index contributed by atoms with van der Waals surface area (Å²) in [4.78, 5) is 0. The molecule has 0 bridgehead atoms. The zero-order valence-electron chi connectivity index (χ0n) is 15.0. The number of hydrogen-bond acceptors (Lipinski definition) is 3. The van der Waals surface area contributed by atoms with Crippen LogP contribution in [0.25, 0.3) is 0 Å². The molecule has 3 nitrogen and oxygen atoms in total.